The van der Waals surface area contributed by atoms with Crippen molar-refractivity contribution in [1.82, 2.24) is 9.55 Å². The highest BCUT2D eigenvalue weighted by molar-refractivity contribution is 14.1. The molecule has 21 heavy (non-hydrogen) atoms. The van der Waals surface area contributed by atoms with Crippen molar-refractivity contribution in [2.24, 2.45) is 0 Å². The second kappa shape index (κ2) is 6.09. The molecule has 1 aromatic carbocycles. The molecule has 0 bridgehead atoms. The highest BCUT2D eigenvalue weighted by atomic mass is 127. The van der Waals surface area contributed by atoms with E-state index in [4.69, 9.17) is 0 Å². The first-order valence-electron chi connectivity index (χ1n) is 6.64. The summed E-state index contributed by atoms with van der Waals surface area (Å²) in [5.41, 5.74) is 4.36. The van der Waals surface area contributed by atoms with E-state index in [1.54, 1.807) is 6.92 Å². The van der Waals surface area contributed by atoms with Crippen LogP contribution >= 0.6 is 22.6 Å². The molecule has 0 amide bonds. The van der Waals surface area contributed by atoms with E-state index in [0.29, 0.717) is 14.8 Å². The zero-order chi connectivity index (χ0) is 15.7. The van der Waals surface area contributed by atoms with Crippen LogP contribution in [-0.4, -0.2) is 15.3 Å². The third-order valence-electron chi connectivity index (χ3n) is 3.61. The zero-order valence-electron chi connectivity index (χ0n) is 12.5. The first-order valence-corrected chi connectivity index (χ1v) is 7.71. The van der Waals surface area contributed by atoms with Crippen molar-refractivity contribution in [3.05, 3.63) is 60.3 Å². The van der Waals surface area contributed by atoms with Gasteiger partial charge in [0.25, 0.3) is 5.56 Å². The van der Waals surface area contributed by atoms with Crippen LogP contribution in [-0.2, 0) is 6.54 Å². The molecule has 0 aliphatic heterocycles. The lowest BCUT2D eigenvalue weighted by atomic mass is 9.98. The standard InChI is InChI=1S/C16H17IN2O2/c1-9-5-11(3)13(6-10(9)2)14(20)7-19-8-18-12(4)15(17)16(19)21/h5-6,8H,7H2,1-4H3. The number of aryl methyl sites for hydroxylation is 4. The Labute approximate surface area is 137 Å². The van der Waals surface area contributed by atoms with Crippen LogP contribution < -0.4 is 5.56 Å². The topological polar surface area (TPSA) is 52.0 Å². The van der Waals surface area contributed by atoms with Gasteiger partial charge in [-0.15, -0.1) is 0 Å². The molecule has 0 aliphatic rings. The Morgan fingerprint density at radius 1 is 1.14 bits per heavy atom. The summed E-state index contributed by atoms with van der Waals surface area (Å²) in [7, 11) is 0. The second-order valence-electron chi connectivity index (χ2n) is 5.25. The van der Waals surface area contributed by atoms with Gasteiger partial charge in [0.2, 0.25) is 0 Å². The number of carbonyl (C=O) groups excluding carboxylic acids is 1. The number of nitrogens with zero attached hydrogens (tertiary/aromatic N) is 2. The van der Waals surface area contributed by atoms with Gasteiger partial charge in [-0.25, -0.2) is 4.98 Å². The van der Waals surface area contributed by atoms with Crippen LogP contribution in [0.5, 0.6) is 0 Å². The molecule has 1 aromatic heterocycles. The number of hydrogen-bond acceptors (Lipinski definition) is 3. The summed E-state index contributed by atoms with van der Waals surface area (Å²) in [6.45, 7) is 7.72. The molecule has 0 spiro atoms. The molecule has 2 aromatic rings. The van der Waals surface area contributed by atoms with Crippen molar-refractivity contribution in [2.75, 3.05) is 0 Å². The maximum Gasteiger partial charge on any atom is 0.267 e. The van der Waals surface area contributed by atoms with Gasteiger partial charge in [0.15, 0.2) is 5.78 Å². The molecule has 110 valence electrons. The van der Waals surface area contributed by atoms with Crippen LogP contribution in [0.25, 0.3) is 0 Å². The molecular weight excluding hydrogens is 379 g/mol. The minimum Gasteiger partial charge on any atom is -0.292 e. The number of rotatable bonds is 3. The Kier molecular flexibility index (Phi) is 4.61. The van der Waals surface area contributed by atoms with E-state index in [1.807, 2.05) is 55.5 Å². The van der Waals surface area contributed by atoms with Crippen LogP contribution in [0.15, 0.2) is 23.3 Å². The third kappa shape index (κ3) is 3.23. The van der Waals surface area contributed by atoms with E-state index in [2.05, 4.69) is 4.98 Å². The van der Waals surface area contributed by atoms with Gasteiger partial charge in [0.1, 0.15) is 0 Å². The number of carbonyl (C=O) groups is 1. The normalized spacial score (nSPS) is 10.7. The first kappa shape index (κ1) is 15.9. The van der Waals surface area contributed by atoms with Gasteiger partial charge >= 0.3 is 0 Å². The van der Waals surface area contributed by atoms with Crippen molar-refractivity contribution in [3.8, 4) is 0 Å². The Bertz CT molecular complexity index is 779. The van der Waals surface area contributed by atoms with Gasteiger partial charge < -0.3 is 0 Å². The van der Waals surface area contributed by atoms with Crippen molar-refractivity contribution < 1.29 is 4.79 Å². The van der Waals surface area contributed by atoms with Crippen molar-refractivity contribution >= 4 is 28.4 Å². The van der Waals surface area contributed by atoms with E-state index < -0.39 is 0 Å². The van der Waals surface area contributed by atoms with Crippen LogP contribution in [0.3, 0.4) is 0 Å². The summed E-state index contributed by atoms with van der Waals surface area (Å²) in [4.78, 5) is 28.7. The van der Waals surface area contributed by atoms with Crippen LogP contribution in [0.4, 0.5) is 0 Å². The highest BCUT2D eigenvalue weighted by Gasteiger charge is 2.14. The predicted octanol–water partition coefficient (Wildman–Crippen LogP) is 2.96. The van der Waals surface area contributed by atoms with Crippen LogP contribution in [0.1, 0.15) is 32.7 Å². The molecule has 0 saturated carbocycles. The minimum atomic E-state index is -0.169. The maximum absolute atomic E-state index is 12.5. The Balaban J connectivity index is 2.37. The maximum atomic E-state index is 12.5. The minimum absolute atomic E-state index is 0.0193. The largest absolute Gasteiger partial charge is 0.292 e. The Morgan fingerprint density at radius 2 is 1.76 bits per heavy atom. The lowest BCUT2D eigenvalue weighted by Gasteiger charge is -2.10. The SMILES string of the molecule is Cc1cc(C)c(C(=O)Cn2cnc(C)c(I)c2=O)cc1C. The van der Waals surface area contributed by atoms with Gasteiger partial charge in [-0.1, -0.05) is 6.07 Å². The fourth-order valence-corrected chi connectivity index (χ4v) is 2.61. The number of aromatic nitrogens is 2. The quantitative estimate of drug-likeness (QED) is 0.592. The zero-order valence-corrected chi connectivity index (χ0v) is 14.7. The van der Waals surface area contributed by atoms with E-state index in [1.165, 1.54) is 10.9 Å². The first-order chi connectivity index (χ1) is 9.81. The van der Waals surface area contributed by atoms with Crippen LogP contribution in [0.2, 0.25) is 0 Å². The Hall–Kier alpha value is -1.50. The number of hydrogen-bond donors (Lipinski definition) is 0. The highest BCUT2D eigenvalue weighted by Crippen LogP contribution is 2.16. The summed E-state index contributed by atoms with van der Waals surface area (Å²) in [5.74, 6) is -0.0702. The third-order valence-corrected chi connectivity index (χ3v) is 4.85. The molecule has 0 fully saturated rings. The van der Waals surface area contributed by atoms with Gasteiger partial charge in [-0.05, 0) is 73.0 Å². The molecule has 5 heteroatoms. The number of halogens is 1. The molecule has 4 nitrogen and oxygen atoms in total. The molecule has 1 heterocycles. The van der Waals surface area contributed by atoms with Gasteiger partial charge in [0.05, 0.1) is 22.1 Å². The average molecular weight is 396 g/mol. The summed E-state index contributed by atoms with van der Waals surface area (Å²) in [6.07, 6.45) is 1.44. The molecule has 2 rings (SSSR count). The lowest BCUT2D eigenvalue weighted by molar-refractivity contribution is 0.0969. The smallest absolute Gasteiger partial charge is 0.267 e. The number of benzene rings is 1. The molecular formula is C16H17IN2O2. The molecule has 0 saturated heterocycles. The second-order valence-corrected chi connectivity index (χ2v) is 6.33. The van der Waals surface area contributed by atoms with E-state index >= 15 is 0 Å². The fourth-order valence-electron chi connectivity index (χ4n) is 2.16. The predicted molar refractivity (Wildman–Crippen MR) is 90.9 cm³/mol. The lowest BCUT2D eigenvalue weighted by Crippen LogP contribution is -2.27. The van der Waals surface area contributed by atoms with E-state index in [-0.39, 0.29) is 17.9 Å². The summed E-state index contributed by atoms with van der Waals surface area (Å²) in [6, 6.07) is 3.90. The summed E-state index contributed by atoms with van der Waals surface area (Å²) < 4.78 is 1.92. The molecule has 0 N–H and O–H groups in total. The van der Waals surface area contributed by atoms with E-state index in [0.717, 1.165) is 16.7 Å². The van der Waals surface area contributed by atoms with Crippen molar-refractivity contribution in [1.29, 1.82) is 0 Å². The monoisotopic (exact) mass is 396 g/mol. The van der Waals surface area contributed by atoms with Gasteiger partial charge in [-0.3, -0.25) is 14.2 Å². The van der Waals surface area contributed by atoms with E-state index in [9.17, 15) is 9.59 Å². The number of ketones is 1. The molecule has 0 aliphatic carbocycles. The Morgan fingerprint density at radius 3 is 2.43 bits per heavy atom. The van der Waals surface area contributed by atoms with Crippen molar-refractivity contribution in [2.45, 2.75) is 34.2 Å². The summed E-state index contributed by atoms with van der Waals surface area (Å²) in [5, 5.41) is 0. The molecule has 0 unspecified atom stereocenters. The van der Waals surface area contributed by atoms with Crippen molar-refractivity contribution in [3.63, 3.8) is 0 Å². The number of Topliss-reactive ketones (excluding diaryl/α,β-unsaturated/α-hetero) is 1. The molecule has 0 radical (unpaired) electrons. The van der Waals surface area contributed by atoms with Gasteiger partial charge in [-0.2, -0.15) is 0 Å². The molecule has 0 atom stereocenters. The average Bonchev–Trinajstić information content (AvgIpc) is 2.43. The van der Waals surface area contributed by atoms with Gasteiger partial charge in [0, 0.05) is 5.56 Å². The fraction of sp³-hybridized carbons (Fsp3) is 0.312. The van der Waals surface area contributed by atoms with Crippen LogP contribution in [0, 0.1) is 31.3 Å². The summed E-state index contributed by atoms with van der Waals surface area (Å²) >= 11 is 1.97.